The average molecular weight is 258 g/mol. The molecule has 1 heterocycles. The highest BCUT2D eigenvalue weighted by Crippen LogP contribution is 2.25. The first-order valence-corrected chi connectivity index (χ1v) is 8.62. The van der Waals surface area contributed by atoms with E-state index in [0.29, 0.717) is 0 Å². The third-order valence-electron chi connectivity index (χ3n) is 3.23. The summed E-state index contributed by atoms with van der Waals surface area (Å²) in [5, 5.41) is 0. The Balaban J connectivity index is 0. The van der Waals surface area contributed by atoms with Crippen molar-refractivity contribution in [2.75, 3.05) is 13.1 Å². The molecule has 1 aliphatic carbocycles. The maximum absolute atomic E-state index is 2.72. The molecule has 1 nitrogen and oxygen atoms in total. The van der Waals surface area contributed by atoms with Crippen LogP contribution in [0, 0.1) is 0 Å². The van der Waals surface area contributed by atoms with Gasteiger partial charge in [0.1, 0.15) is 0 Å². The third kappa shape index (κ3) is 9.94. The van der Waals surface area contributed by atoms with Gasteiger partial charge in [-0.1, -0.05) is 67.2 Å². The van der Waals surface area contributed by atoms with E-state index in [0.717, 1.165) is 6.04 Å². The summed E-state index contributed by atoms with van der Waals surface area (Å²) in [4.78, 5) is 2.72. The second kappa shape index (κ2) is 17.0. The molecule has 0 aromatic rings. The Labute approximate surface area is 117 Å². The van der Waals surface area contributed by atoms with E-state index in [2.05, 4.69) is 18.7 Å². The van der Waals surface area contributed by atoms with E-state index < -0.39 is 0 Å². The fraction of sp³-hybridized carbons (Fsp3) is 1.00. The number of hydrogen-bond acceptors (Lipinski definition) is 1. The number of likely N-dealkylation sites (tertiary alicyclic amines) is 1. The maximum Gasteiger partial charge on any atom is 0.00952 e. The minimum atomic E-state index is 0.978. The molecule has 0 aromatic carbocycles. The summed E-state index contributed by atoms with van der Waals surface area (Å²) in [6, 6.07) is 0.978. The van der Waals surface area contributed by atoms with Crippen LogP contribution in [0.5, 0.6) is 0 Å². The Morgan fingerprint density at radius 2 is 1.11 bits per heavy atom. The first-order chi connectivity index (χ1) is 8.88. The van der Waals surface area contributed by atoms with Crippen molar-refractivity contribution < 1.29 is 0 Å². The van der Waals surface area contributed by atoms with Gasteiger partial charge in [0.15, 0.2) is 0 Å². The topological polar surface area (TPSA) is 3.24 Å². The van der Waals surface area contributed by atoms with Crippen LogP contribution in [-0.2, 0) is 0 Å². The lowest BCUT2D eigenvalue weighted by Gasteiger charge is -2.30. The van der Waals surface area contributed by atoms with Crippen LogP contribution in [0.1, 0.15) is 92.9 Å². The smallest absolute Gasteiger partial charge is 0.00952 e. The van der Waals surface area contributed by atoms with Crippen LogP contribution in [0.15, 0.2) is 0 Å². The Hall–Kier alpha value is -0.0400. The predicted octanol–water partition coefficient (Wildman–Crippen LogP) is 5.88. The molecule has 0 amide bonds. The summed E-state index contributed by atoms with van der Waals surface area (Å²) in [6.07, 6.45) is 11.6. The van der Waals surface area contributed by atoms with Gasteiger partial charge in [-0.15, -0.1) is 0 Å². The standard InChI is InChI=1S/C10H19N.C3H8.2C2H6/c1-2-6-10(7-3-1)11-8-4-5-9-11;1-3-2;2*1-2/h10H,1-9H2;3H2,1-2H3;2*1-2H3. The summed E-state index contributed by atoms with van der Waals surface area (Å²) < 4.78 is 0. The molecule has 112 valence electrons. The Morgan fingerprint density at radius 1 is 0.722 bits per heavy atom. The molecule has 0 aromatic heterocycles. The monoisotopic (exact) mass is 257 g/mol. The second-order valence-electron chi connectivity index (χ2n) is 4.74. The van der Waals surface area contributed by atoms with Crippen molar-refractivity contribution in [1.29, 1.82) is 0 Å². The van der Waals surface area contributed by atoms with Crippen molar-refractivity contribution >= 4 is 0 Å². The van der Waals surface area contributed by atoms with Crippen LogP contribution in [0.3, 0.4) is 0 Å². The van der Waals surface area contributed by atoms with Gasteiger partial charge in [-0.05, 0) is 38.8 Å². The first-order valence-electron chi connectivity index (χ1n) is 8.62. The van der Waals surface area contributed by atoms with E-state index in [9.17, 15) is 0 Å². The molecule has 1 saturated heterocycles. The van der Waals surface area contributed by atoms with Gasteiger partial charge in [-0.3, -0.25) is 0 Å². The highest BCUT2D eigenvalue weighted by molar-refractivity contribution is 4.78. The molecule has 2 aliphatic rings. The van der Waals surface area contributed by atoms with Crippen molar-refractivity contribution in [3.8, 4) is 0 Å². The zero-order chi connectivity index (χ0) is 14.2. The van der Waals surface area contributed by atoms with E-state index in [1.807, 2.05) is 27.7 Å². The highest BCUT2D eigenvalue weighted by atomic mass is 15.2. The van der Waals surface area contributed by atoms with Gasteiger partial charge in [0.25, 0.3) is 0 Å². The van der Waals surface area contributed by atoms with Crippen LogP contribution in [0.4, 0.5) is 0 Å². The van der Waals surface area contributed by atoms with Crippen molar-refractivity contribution in [2.45, 2.75) is 99.0 Å². The van der Waals surface area contributed by atoms with E-state index in [-0.39, 0.29) is 0 Å². The summed E-state index contributed by atoms with van der Waals surface area (Å²) in [5.74, 6) is 0. The predicted molar refractivity (Wildman–Crippen MR) is 86.3 cm³/mol. The molecule has 0 radical (unpaired) electrons. The summed E-state index contributed by atoms with van der Waals surface area (Å²) in [5.41, 5.74) is 0. The molecule has 0 bridgehead atoms. The molecular weight excluding hydrogens is 218 g/mol. The maximum atomic E-state index is 2.72. The molecule has 2 fully saturated rings. The van der Waals surface area contributed by atoms with Gasteiger partial charge in [0, 0.05) is 6.04 Å². The lowest BCUT2D eigenvalue weighted by molar-refractivity contribution is 0.191. The fourth-order valence-corrected chi connectivity index (χ4v) is 2.55. The van der Waals surface area contributed by atoms with Gasteiger partial charge >= 0.3 is 0 Å². The van der Waals surface area contributed by atoms with Gasteiger partial charge < -0.3 is 4.90 Å². The fourth-order valence-electron chi connectivity index (χ4n) is 2.55. The lowest BCUT2D eigenvalue weighted by Crippen LogP contribution is -2.34. The van der Waals surface area contributed by atoms with Gasteiger partial charge in [-0.25, -0.2) is 0 Å². The van der Waals surface area contributed by atoms with Gasteiger partial charge in [0.05, 0.1) is 0 Å². The highest BCUT2D eigenvalue weighted by Gasteiger charge is 2.22. The van der Waals surface area contributed by atoms with Crippen LogP contribution in [-0.4, -0.2) is 24.0 Å². The molecule has 0 N–H and O–H groups in total. The summed E-state index contributed by atoms with van der Waals surface area (Å²) in [6.45, 7) is 15.0. The van der Waals surface area contributed by atoms with Crippen LogP contribution >= 0.6 is 0 Å². The van der Waals surface area contributed by atoms with Gasteiger partial charge in [0.2, 0.25) is 0 Å². The Morgan fingerprint density at radius 3 is 1.50 bits per heavy atom. The first kappa shape index (κ1) is 20.3. The van der Waals surface area contributed by atoms with E-state index in [4.69, 9.17) is 0 Å². The van der Waals surface area contributed by atoms with Crippen LogP contribution in [0.25, 0.3) is 0 Å². The molecule has 0 unspecified atom stereocenters. The van der Waals surface area contributed by atoms with Crippen molar-refractivity contribution in [3.05, 3.63) is 0 Å². The summed E-state index contributed by atoms with van der Waals surface area (Å²) >= 11 is 0. The molecule has 1 saturated carbocycles. The van der Waals surface area contributed by atoms with Crippen molar-refractivity contribution in [2.24, 2.45) is 0 Å². The quantitative estimate of drug-likeness (QED) is 0.566. The zero-order valence-electron chi connectivity index (χ0n) is 14.1. The molecule has 18 heavy (non-hydrogen) atoms. The molecular formula is C17H39N. The minimum Gasteiger partial charge on any atom is -0.300 e. The lowest BCUT2D eigenvalue weighted by atomic mass is 9.94. The van der Waals surface area contributed by atoms with Crippen LogP contribution < -0.4 is 0 Å². The SMILES string of the molecule is C1CCC(N2CCCC2)CC1.CC.CC.CCC. The van der Waals surface area contributed by atoms with E-state index in [1.54, 1.807) is 0 Å². The molecule has 2 rings (SSSR count). The Kier molecular flexibility index (Phi) is 19.1. The normalized spacial score (nSPS) is 19.7. The zero-order valence-corrected chi connectivity index (χ0v) is 14.1. The number of nitrogens with zero attached hydrogens (tertiary/aromatic N) is 1. The Bertz CT molecular complexity index is 122. The van der Waals surface area contributed by atoms with E-state index >= 15 is 0 Å². The summed E-state index contributed by atoms with van der Waals surface area (Å²) in [7, 11) is 0. The molecule has 0 spiro atoms. The van der Waals surface area contributed by atoms with Crippen molar-refractivity contribution in [3.63, 3.8) is 0 Å². The number of rotatable bonds is 1. The third-order valence-corrected chi connectivity index (χ3v) is 3.23. The molecule has 1 heteroatoms. The minimum absolute atomic E-state index is 0.978. The second-order valence-corrected chi connectivity index (χ2v) is 4.74. The van der Waals surface area contributed by atoms with Gasteiger partial charge in [-0.2, -0.15) is 0 Å². The largest absolute Gasteiger partial charge is 0.300 e. The van der Waals surface area contributed by atoms with Crippen LogP contribution in [0.2, 0.25) is 0 Å². The molecule has 1 aliphatic heterocycles. The molecule has 0 atom stereocenters. The average Bonchev–Trinajstić information content (AvgIpc) is 2.99. The van der Waals surface area contributed by atoms with E-state index in [1.165, 1.54) is 64.5 Å². The van der Waals surface area contributed by atoms with Crippen molar-refractivity contribution in [1.82, 2.24) is 4.90 Å². The number of hydrogen-bond donors (Lipinski definition) is 0.